The van der Waals surface area contributed by atoms with Crippen molar-refractivity contribution in [3.8, 4) is 11.4 Å². The molecule has 0 aliphatic carbocycles. The molecule has 3 heterocycles. The highest BCUT2D eigenvalue weighted by Crippen LogP contribution is 2.31. The molecule has 2 fully saturated rings. The van der Waals surface area contributed by atoms with Crippen LogP contribution in [0.3, 0.4) is 0 Å². The van der Waals surface area contributed by atoms with E-state index in [1.54, 1.807) is 18.2 Å². The van der Waals surface area contributed by atoms with Crippen molar-refractivity contribution >= 4 is 29.2 Å². The average molecular weight is 368 g/mol. The quantitative estimate of drug-likeness (QED) is 0.802. The Balaban J connectivity index is 1.43. The van der Waals surface area contributed by atoms with Gasteiger partial charge in [0.2, 0.25) is 5.82 Å². The molecule has 0 spiro atoms. The summed E-state index contributed by atoms with van der Waals surface area (Å²) in [5.74, 6) is 1.16. The first kappa shape index (κ1) is 16.2. The second kappa shape index (κ2) is 6.90. The second-order valence-electron chi connectivity index (χ2n) is 6.43. The molecular formula is C17H19Cl2N3O2. The molecule has 0 N–H and O–H groups in total. The van der Waals surface area contributed by atoms with Crippen molar-refractivity contribution in [2.45, 2.75) is 31.8 Å². The van der Waals surface area contributed by atoms with E-state index in [9.17, 15) is 0 Å². The van der Waals surface area contributed by atoms with Crippen LogP contribution in [0, 0.1) is 5.92 Å². The van der Waals surface area contributed by atoms with Crippen LogP contribution in [0.15, 0.2) is 22.7 Å². The Morgan fingerprint density at radius 1 is 1.04 bits per heavy atom. The summed E-state index contributed by atoms with van der Waals surface area (Å²) >= 11 is 12.1. The molecule has 4 rings (SSSR count). The van der Waals surface area contributed by atoms with Crippen LogP contribution in [0.1, 0.15) is 25.7 Å². The lowest BCUT2D eigenvalue weighted by atomic mass is 9.90. The minimum absolute atomic E-state index is 0.444. The van der Waals surface area contributed by atoms with Crippen molar-refractivity contribution in [1.82, 2.24) is 10.1 Å². The highest BCUT2D eigenvalue weighted by Gasteiger charge is 2.31. The number of ether oxygens (including phenoxy) is 1. The fraction of sp³-hybridized carbons (Fsp3) is 0.529. The van der Waals surface area contributed by atoms with E-state index in [1.165, 1.54) is 12.8 Å². The first-order valence-electron chi connectivity index (χ1n) is 8.36. The van der Waals surface area contributed by atoms with Crippen molar-refractivity contribution in [3.63, 3.8) is 0 Å². The van der Waals surface area contributed by atoms with Gasteiger partial charge in [0.05, 0.1) is 6.10 Å². The van der Waals surface area contributed by atoms with Gasteiger partial charge in [0.1, 0.15) is 0 Å². The summed E-state index contributed by atoms with van der Waals surface area (Å²) in [7, 11) is 0. The molecule has 2 saturated heterocycles. The van der Waals surface area contributed by atoms with Gasteiger partial charge in [0.15, 0.2) is 0 Å². The predicted octanol–water partition coefficient (Wildman–Crippen LogP) is 4.44. The number of hydrogen-bond donors (Lipinski definition) is 0. The smallest absolute Gasteiger partial charge is 0.324 e. The van der Waals surface area contributed by atoms with Crippen LogP contribution in [0.25, 0.3) is 11.4 Å². The summed E-state index contributed by atoms with van der Waals surface area (Å²) in [6.45, 7) is 2.75. The molecular weight excluding hydrogens is 349 g/mol. The second-order valence-corrected chi connectivity index (χ2v) is 7.31. The standard InChI is InChI=1S/C17H19Cl2N3O2/c18-13-8-12(9-14(19)10-13)16-20-17(24-21-16)22-5-3-11(4-6-22)15-2-1-7-23-15/h8-11,15H,1-7H2. The number of rotatable bonds is 3. The molecule has 1 unspecified atom stereocenters. The van der Waals surface area contributed by atoms with Crippen molar-refractivity contribution in [3.05, 3.63) is 28.2 Å². The lowest BCUT2D eigenvalue weighted by Gasteiger charge is -2.33. The van der Waals surface area contributed by atoms with Crippen LogP contribution in [0.4, 0.5) is 6.01 Å². The van der Waals surface area contributed by atoms with E-state index in [0.717, 1.165) is 38.1 Å². The molecule has 1 atom stereocenters. The number of aromatic nitrogens is 2. The molecule has 0 amide bonds. The maximum absolute atomic E-state index is 6.04. The molecule has 24 heavy (non-hydrogen) atoms. The summed E-state index contributed by atoms with van der Waals surface area (Å²) in [4.78, 5) is 6.66. The van der Waals surface area contributed by atoms with Gasteiger partial charge in [-0.15, -0.1) is 0 Å². The van der Waals surface area contributed by atoms with E-state index < -0.39 is 0 Å². The van der Waals surface area contributed by atoms with E-state index in [2.05, 4.69) is 15.0 Å². The van der Waals surface area contributed by atoms with Gasteiger partial charge >= 0.3 is 6.01 Å². The molecule has 0 radical (unpaired) electrons. The summed E-state index contributed by atoms with van der Waals surface area (Å²) in [6, 6.07) is 5.81. The zero-order valence-electron chi connectivity index (χ0n) is 13.3. The topological polar surface area (TPSA) is 51.4 Å². The van der Waals surface area contributed by atoms with Gasteiger partial charge in [-0.2, -0.15) is 4.98 Å². The first-order chi connectivity index (χ1) is 11.7. The Morgan fingerprint density at radius 2 is 1.79 bits per heavy atom. The number of anilines is 1. The lowest BCUT2D eigenvalue weighted by molar-refractivity contribution is 0.0527. The largest absolute Gasteiger partial charge is 0.378 e. The average Bonchev–Trinajstić information content (AvgIpc) is 3.26. The molecule has 1 aromatic heterocycles. The third-order valence-corrected chi connectivity index (χ3v) is 5.27. The lowest BCUT2D eigenvalue weighted by Crippen LogP contribution is -2.37. The van der Waals surface area contributed by atoms with E-state index >= 15 is 0 Å². The van der Waals surface area contributed by atoms with Crippen molar-refractivity contribution in [2.75, 3.05) is 24.6 Å². The van der Waals surface area contributed by atoms with Crippen molar-refractivity contribution in [2.24, 2.45) is 5.92 Å². The third kappa shape index (κ3) is 3.39. The Hall–Kier alpha value is -1.30. The van der Waals surface area contributed by atoms with Gasteiger partial charge in [0.25, 0.3) is 0 Å². The summed E-state index contributed by atoms with van der Waals surface area (Å²) in [5.41, 5.74) is 0.761. The molecule has 7 heteroatoms. The Morgan fingerprint density at radius 3 is 2.46 bits per heavy atom. The van der Waals surface area contributed by atoms with Gasteiger partial charge < -0.3 is 14.2 Å². The zero-order valence-corrected chi connectivity index (χ0v) is 14.8. The monoisotopic (exact) mass is 367 g/mol. The van der Waals surface area contributed by atoms with Crippen LogP contribution in [0.2, 0.25) is 10.0 Å². The van der Waals surface area contributed by atoms with Crippen molar-refractivity contribution < 1.29 is 9.26 Å². The predicted molar refractivity (Wildman–Crippen MR) is 93.7 cm³/mol. The highest BCUT2D eigenvalue weighted by atomic mass is 35.5. The SMILES string of the molecule is Clc1cc(Cl)cc(-c2noc(N3CCC(C4CCCO4)CC3)n2)c1. The van der Waals surface area contributed by atoms with Crippen molar-refractivity contribution in [1.29, 1.82) is 0 Å². The fourth-order valence-corrected chi connectivity index (χ4v) is 4.11. The maximum atomic E-state index is 6.04. The number of hydrogen-bond acceptors (Lipinski definition) is 5. The Kier molecular flexibility index (Phi) is 4.66. The number of nitrogens with zero attached hydrogens (tertiary/aromatic N) is 3. The minimum atomic E-state index is 0.444. The third-order valence-electron chi connectivity index (χ3n) is 4.84. The van der Waals surface area contributed by atoms with Gasteiger partial charge in [-0.25, -0.2) is 0 Å². The van der Waals surface area contributed by atoms with E-state index in [-0.39, 0.29) is 0 Å². The number of piperidine rings is 1. The Labute approximate surface area is 150 Å². The van der Waals surface area contributed by atoms with Crippen LogP contribution < -0.4 is 4.90 Å². The highest BCUT2D eigenvalue weighted by molar-refractivity contribution is 6.35. The molecule has 2 aliphatic heterocycles. The summed E-state index contributed by atoms with van der Waals surface area (Å²) in [6.07, 6.45) is 5.04. The van der Waals surface area contributed by atoms with Crippen LogP contribution in [-0.4, -0.2) is 35.9 Å². The molecule has 2 aliphatic rings. The minimum Gasteiger partial charge on any atom is -0.378 e. The normalized spacial score (nSPS) is 22.2. The maximum Gasteiger partial charge on any atom is 0.324 e. The molecule has 128 valence electrons. The molecule has 5 nitrogen and oxygen atoms in total. The molecule has 2 aromatic rings. The van der Waals surface area contributed by atoms with Crippen LogP contribution in [0.5, 0.6) is 0 Å². The zero-order chi connectivity index (χ0) is 16.5. The fourth-order valence-electron chi connectivity index (χ4n) is 3.58. The molecule has 0 bridgehead atoms. The van der Waals surface area contributed by atoms with E-state index in [4.69, 9.17) is 32.5 Å². The van der Waals surface area contributed by atoms with Crippen LogP contribution in [-0.2, 0) is 4.74 Å². The molecule has 0 saturated carbocycles. The van der Waals surface area contributed by atoms with Gasteiger partial charge in [0, 0.05) is 35.3 Å². The van der Waals surface area contributed by atoms with Gasteiger partial charge in [-0.05, 0) is 49.8 Å². The van der Waals surface area contributed by atoms with Gasteiger partial charge in [-0.3, -0.25) is 0 Å². The first-order valence-corrected chi connectivity index (χ1v) is 9.11. The number of halogens is 2. The summed E-state index contributed by atoms with van der Waals surface area (Å²) in [5, 5.41) is 5.18. The van der Waals surface area contributed by atoms with Gasteiger partial charge in [-0.1, -0.05) is 28.4 Å². The molecule has 1 aromatic carbocycles. The number of benzene rings is 1. The Bertz CT molecular complexity index is 687. The van der Waals surface area contributed by atoms with E-state index in [1.807, 2.05) is 0 Å². The summed E-state index contributed by atoms with van der Waals surface area (Å²) < 4.78 is 11.3. The van der Waals surface area contributed by atoms with Crippen LogP contribution >= 0.6 is 23.2 Å². The van der Waals surface area contributed by atoms with E-state index in [0.29, 0.717) is 33.9 Å².